The normalized spacial score (nSPS) is 18.7. The highest BCUT2D eigenvalue weighted by atomic mass is 16.5. The zero-order valence-corrected chi connectivity index (χ0v) is 20.3. The number of morpholine rings is 1. The Hall–Kier alpha value is -3.95. The molecule has 0 aliphatic carbocycles. The molecule has 2 amide bonds. The number of amidine groups is 1. The number of amides is 2. The van der Waals surface area contributed by atoms with E-state index >= 15 is 0 Å². The van der Waals surface area contributed by atoms with Gasteiger partial charge in [0.2, 0.25) is 0 Å². The molecule has 2 aromatic rings. The second kappa shape index (κ2) is 11.2. The third kappa shape index (κ3) is 5.48. The number of ether oxygens (including phenoxy) is 2. The number of nitrogens with one attached hydrogen (secondary N) is 1. The Morgan fingerprint density at radius 1 is 1.33 bits per heavy atom. The Labute approximate surface area is 209 Å². The summed E-state index contributed by atoms with van der Waals surface area (Å²) in [6.45, 7) is 5.17. The second-order valence-corrected chi connectivity index (χ2v) is 8.44. The number of nitrogens with zero attached hydrogens (tertiary/aromatic N) is 2. The van der Waals surface area contributed by atoms with Gasteiger partial charge in [-0.1, -0.05) is 24.3 Å². The molecule has 188 valence electrons. The van der Waals surface area contributed by atoms with E-state index in [2.05, 4.69) is 10.3 Å². The summed E-state index contributed by atoms with van der Waals surface area (Å²) in [5.74, 6) is -0.174. The number of rotatable bonds is 8. The van der Waals surface area contributed by atoms with Crippen molar-refractivity contribution in [3.63, 3.8) is 0 Å². The molecule has 2 heterocycles. The van der Waals surface area contributed by atoms with Crippen molar-refractivity contribution in [3.05, 3.63) is 77.4 Å². The number of aliphatic hydroxyl groups excluding tert-OH is 1. The molecule has 2 aliphatic heterocycles. The van der Waals surface area contributed by atoms with Gasteiger partial charge in [-0.2, -0.15) is 0 Å². The first-order valence-corrected chi connectivity index (χ1v) is 11.8. The van der Waals surface area contributed by atoms with Crippen LogP contribution in [0.5, 0.6) is 5.75 Å². The first-order valence-electron chi connectivity index (χ1n) is 11.8. The van der Waals surface area contributed by atoms with E-state index in [0.29, 0.717) is 36.1 Å². The van der Waals surface area contributed by atoms with E-state index in [9.17, 15) is 14.7 Å². The van der Waals surface area contributed by atoms with Gasteiger partial charge in [0.1, 0.15) is 18.2 Å². The first-order chi connectivity index (χ1) is 17.4. The third-order valence-corrected chi connectivity index (χ3v) is 6.03. The fourth-order valence-corrected chi connectivity index (χ4v) is 4.10. The molecular weight excluding hydrogens is 460 g/mol. The van der Waals surface area contributed by atoms with Gasteiger partial charge in [0.15, 0.2) is 12.2 Å². The van der Waals surface area contributed by atoms with Crippen LogP contribution in [0.3, 0.4) is 0 Å². The minimum atomic E-state index is -1.69. The van der Waals surface area contributed by atoms with Gasteiger partial charge in [0, 0.05) is 29.5 Å². The van der Waals surface area contributed by atoms with Gasteiger partial charge >= 0.3 is 0 Å². The Balaban J connectivity index is 1.42. The van der Waals surface area contributed by atoms with Crippen LogP contribution in [0.4, 0.5) is 11.4 Å². The van der Waals surface area contributed by atoms with Gasteiger partial charge in [-0.05, 0) is 55.3 Å². The summed E-state index contributed by atoms with van der Waals surface area (Å²) in [7, 11) is 0. The third-order valence-electron chi connectivity index (χ3n) is 6.03. The standard InChI is InChI=1S/C27H30N4O5/c1-3-6-17(4-2)16-36-21-8-5-7-20(14-21)31-11-12-35-24(27(31)34)23(32)26(33)30-19-9-10-22-18(13-19)15-29-25(22)28/h3-10,13-14,23-24,32H,11-12,15-16H2,1-2H3,(H2,28,29)(H,30,33)/b6-3-,17-4+. The highest BCUT2D eigenvalue weighted by Crippen LogP contribution is 2.26. The minimum absolute atomic E-state index is 0.172. The van der Waals surface area contributed by atoms with Crippen LogP contribution < -0.4 is 20.7 Å². The maximum atomic E-state index is 13.2. The summed E-state index contributed by atoms with van der Waals surface area (Å²) in [6, 6.07) is 12.3. The van der Waals surface area contributed by atoms with Crippen LogP contribution >= 0.6 is 0 Å². The number of carbonyl (C=O) groups excluding carboxylic acids is 2. The van der Waals surface area contributed by atoms with Crippen molar-refractivity contribution in [2.24, 2.45) is 10.7 Å². The summed E-state index contributed by atoms with van der Waals surface area (Å²) in [5, 5.41) is 13.3. The largest absolute Gasteiger partial charge is 0.489 e. The van der Waals surface area contributed by atoms with Crippen LogP contribution in [-0.2, 0) is 20.9 Å². The molecule has 4 N–H and O–H groups in total. The molecule has 2 atom stereocenters. The van der Waals surface area contributed by atoms with Crippen LogP contribution in [0.15, 0.2) is 71.3 Å². The molecular formula is C27H30N4O5. The average Bonchev–Trinajstić information content (AvgIpc) is 3.26. The monoisotopic (exact) mass is 490 g/mol. The maximum absolute atomic E-state index is 13.2. The molecule has 0 spiro atoms. The van der Waals surface area contributed by atoms with E-state index in [1.807, 2.05) is 38.1 Å². The van der Waals surface area contributed by atoms with E-state index in [-0.39, 0.29) is 13.2 Å². The highest BCUT2D eigenvalue weighted by Gasteiger charge is 2.39. The Kier molecular flexibility index (Phi) is 7.82. The number of benzene rings is 2. The number of hydrogen-bond donors (Lipinski definition) is 3. The smallest absolute Gasteiger partial charge is 0.259 e. The molecule has 0 aromatic heterocycles. The van der Waals surface area contributed by atoms with Gasteiger partial charge < -0.3 is 30.5 Å². The molecule has 9 nitrogen and oxygen atoms in total. The fraction of sp³-hybridized carbons (Fsp3) is 0.296. The minimum Gasteiger partial charge on any atom is -0.489 e. The van der Waals surface area contributed by atoms with Crippen molar-refractivity contribution in [2.45, 2.75) is 32.6 Å². The zero-order valence-electron chi connectivity index (χ0n) is 20.3. The number of aliphatic hydroxyl groups is 1. The fourth-order valence-electron chi connectivity index (χ4n) is 4.10. The molecule has 2 unspecified atom stereocenters. The predicted molar refractivity (Wildman–Crippen MR) is 138 cm³/mol. The maximum Gasteiger partial charge on any atom is 0.259 e. The molecule has 1 saturated heterocycles. The van der Waals surface area contributed by atoms with Crippen LogP contribution in [0.25, 0.3) is 0 Å². The molecule has 36 heavy (non-hydrogen) atoms. The molecule has 1 fully saturated rings. The van der Waals surface area contributed by atoms with Crippen LogP contribution in [0.1, 0.15) is 25.0 Å². The molecule has 0 bridgehead atoms. The van der Waals surface area contributed by atoms with Crippen molar-refractivity contribution >= 4 is 29.0 Å². The zero-order chi connectivity index (χ0) is 25.7. The van der Waals surface area contributed by atoms with E-state index in [1.54, 1.807) is 36.4 Å². The lowest BCUT2D eigenvalue weighted by atomic mass is 10.1. The van der Waals surface area contributed by atoms with E-state index < -0.39 is 24.0 Å². The summed E-state index contributed by atoms with van der Waals surface area (Å²) >= 11 is 0. The van der Waals surface area contributed by atoms with Crippen molar-refractivity contribution < 1.29 is 24.2 Å². The van der Waals surface area contributed by atoms with Gasteiger partial charge in [-0.25, -0.2) is 0 Å². The number of hydrogen-bond acceptors (Lipinski definition) is 7. The average molecular weight is 491 g/mol. The highest BCUT2D eigenvalue weighted by molar-refractivity contribution is 6.05. The van der Waals surface area contributed by atoms with Crippen LogP contribution in [-0.4, -0.2) is 54.7 Å². The Morgan fingerprint density at radius 2 is 2.17 bits per heavy atom. The number of anilines is 2. The van der Waals surface area contributed by atoms with E-state index in [1.165, 1.54) is 4.90 Å². The summed E-state index contributed by atoms with van der Waals surface area (Å²) in [5.41, 5.74) is 9.64. The van der Waals surface area contributed by atoms with Gasteiger partial charge in [0.05, 0.1) is 13.2 Å². The van der Waals surface area contributed by atoms with Crippen molar-refractivity contribution in [2.75, 3.05) is 30.0 Å². The molecule has 0 radical (unpaired) electrons. The topological polar surface area (TPSA) is 126 Å². The molecule has 2 aromatic carbocycles. The summed E-state index contributed by atoms with van der Waals surface area (Å²) < 4.78 is 11.4. The number of nitrogens with two attached hydrogens (primary N) is 1. The quantitative estimate of drug-likeness (QED) is 0.488. The lowest BCUT2D eigenvalue weighted by Crippen LogP contribution is -2.55. The number of allylic oxidation sites excluding steroid dienone is 2. The molecule has 9 heteroatoms. The molecule has 0 saturated carbocycles. The SMILES string of the molecule is C/C=C\C(=C/C)COc1cccc(N2CCOC(C(O)C(=O)Nc3ccc4c(c3)CN=C4N)C2=O)c1. The lowest BCUT2D eigenvalue weighted by Gasteiger charge is -2.34. The predicted octanol–water partition coefficient (Wildman–Crippen LogP) is 2.54. The second-order valence-electron chi connectivity index (χ2n) is 8.44. The Bertz CT molecular complexity index is 1240. The molecule has 2 aliphatic rings. The number of aliphatic imine (C=N–C) groups is 1. The number of carbonyl (C=O) groups is 2. The van der Waals surface area contributed by atoms with Gasteiger partial charge in [0.25, 0.3) is 11.8 Å². The lowest BCUT2D eigenvalue weighted by molar-refractivity contribution is -0.150. The van der Waals surface area contributed by atoms with E-state index in [0.717, 1.165) is 16.7 Å². The van der Waals surface area contributed by atoms with Crippen molar-refractivity contribution in [1.29, 1.82) is 0 Å². The molecule has 4 rings (SSSR count). The van der Waals surface area contributed by atoms with Crippen LogP contribution in [0.2, 0.25) is 0 Å². The van der Waals surface area contributed by atoms with Crippen molar-refractivity contribution in [1.82, 2.24) is 0 Å². The summed E-state index contributed by atoms with van der Waals surface area (Å²) in [6.07, 6.45) is 2.86. The van der Waals surface area contributed by atoms with Crippen molar-refractivity contribution in [3.8, 4) is 5.75 Å². The van der Waals surface area contributed by atoms with Gasteiger partial charge in [-0.3, -0.25) is 14.6 Å². The summed E-state index contributed by atoms with van der Waals surface area (Å²) in [4.78, 5) is 31.6. The van der Waals surface area contributed by atoms with Crippen LogP contribution in [0, 0.1) is 0 Å². The van der Waals surface area contributed by atoms with Gasteiger partial charge in [-0.15, -0.1) is 0 Å². The van der Waals surface area contributed by atoms with E-state index in [4.69, 9.17) is 15.2 Å². The Morgan fingerprint density at radius 3 is 2.94 bits per heavy atom. The number of fused-ring (bicyclic) bond motifs is 1. The first kappa shape index (κ1) is 25.2.